The molecule has 0 aromatic rings. The molecule has 0 saturated carbocycles. The van der Waals surface area contributed by atoms with Crippen LogP contribution in [0.25, 0.3) is 0 Å². The van der Waals surface area contributed by atoms with Crippen LogP contribution in [0.5, 0.6) is 0 Å². The summed E-state index contributed by atoms with van der Waals surface area (Å²) in [6, 6.07) is 0. The molecule has 0 radical (unpaired) electrons. The lowest BCUT2D eigenvalue weighted by molar-refractivity contribution is -0.125. The second-order valence-corrected chi connectivity index (χ2v) is 3.38. The maximum atomic E-state index is 11.0. The topological polar surface area (TPSA) is 32.3 Å². The first-order valence-corrected chi connectivity index (χ1v) is 4.65. The molecule has 1 amide bonds. The number of hydrogen-bond acceptors (Lipinski definition) is 2. The van der Waals surface area contributed by atoms with E-state index in [2.05, 4.69) is 18.8 Å². The highest BCUT2D eigenvalue weighted by Gasteiger charge is 2.20. The molecular formula is C10H20N2O. The minimum absolute atomic E-state index is 0.0735. The van der Waals surface area contributed by atoms with Gasteiger partial charge in [0, 0.05) is 13.1 Å². The van der Waals surface area contributed by atoms with Gasteiger partial charge >= 0.3 is 0 Å². The average molecular weight is 184 g/mol. The third kappa shape index (κ3) is 4.68. The highest BCUT2D eigenvalue weighted by atomic mass is 16.2. The van der Waals surface area contributed by atoms with Crippen molar-refractivity contribution in [2.24, 2.45) is 5.92 Å². The lowest BCUT2D eigenvalue weighted by Crippen LogP contribution is -2.26. The molecule has 0 aliphatic carbocycles. The Bertz CT molecular complexity index is 168. The van der Waals surface area contributed by atoms with Crippen LogP contribution in [-0.4, -0.2) is 38.0 Å². The molecule has 0 spiro atoms. The summed E-state index contributed by atoms with van der Waals surface area (Å²) in [6.45, 7) is 7.42. The molecule has 0 bridgehead atoms. The molecule has 1 heterocycles. The Morgan fingerprint density at radius 1 is 1.62 bits per heavy atom. The number of amides is 1. The molecule has 0 aromatic carbocycles. The largest absolute Gasteiger partial charge is 0.339 e. The van der Waals surface area contributed by atoms with Crippen molar-refractivity contribution >= 4 is 5.91 Å². The van der Waals surface area contributed by atoms with Crippen LogP contribution in [0, 0.1) is 5.92 Å². The van der Waals surface area contributed by atoms with Crippen molar-refractivity contribution in [2.45, 2.75) is 13.3 Å². The quantitative estimate of drug-likeness (QED) is 0.613. The van der Waals surface area contributed by atoms with Gasteiger partial charge in [0.15, 0.2) is 0 Å². The zero-order valence-electron chi connectivity index (χ0n) is 8.84. The number of carbonyl (C=O) groups is 1. The molecule has 0 unspecified atom stereocenters. The van der Waals surface area contributed by atoms with E-state index in [1.165, 1.54) is 6.08 Å². The Balaban J connectivity index is 0.000000424. The third-order valence-corrected chi connectivity index (χ3v) is 1.91. The molecule has 13 heavy (non-hydrogen) atoms. The third-order valence-electron chi connectivity index (χ3n) is 1.91. The first kappa shape index (κ1) is 12.2. The normalized spacial score (nSPS) is 20.5. The Morgan fingerprint density at radius 3 is 2.46 bits per heavy atom. The summed E-state index contributed by atoms with van der Waals surface area (Å²) in [4.78, 5) is 12.8. The molecule has 1 aliphatic rings. The monoisotopic (exact) mass is 184 g/mol. The number of carbonyl (C=O) groups excluding carboxylic acids is 1. The van der Waals surface area contributed by atoms with E-state index in [0.717, 1.165) is 19.5 Å². The van der Waals surface area contributed by atoms with E-state index in [9.17, 15) is 4.79 Å². The molecule has 1 N–H and O–H groups in total. The maximum absolute atomic E-state index is 11.0. The molecule has 1 saturated heterocycles. The van der Waals surface area contributed by atoms with Gasteiger partial charge in [-0.1, -0.05) is 13.5 Å². The first-order chi connectivity index (χ1) is 6.15. The van der Waals surface area contributed by atoms with Crippen LogP contribution in [0.1, 0.15) is 13.3 Å². The van der Waals surface area contributed by atoms with Crippen LogP contribution < -0.4 is 5.32 Å². The summed E-state index contributed by atoms with van der Waals surface area (Å²) in [5.41, 5.74) is 0. The molecule has 76 valence electrons. The predicted molar refractivity (Wildman–Crippen MR) is 55.5 cm³/mol. The second-order valence-electron chi connectivity index (χ2n) is 3.38. The molecule has 3 heteroatoms. The van der Waals surface area contributed by atoms with Crippen molar-refractivity contribution in [3.05, 3.63) is 12.7 Å². The minimum Gasteiger partial charge on any atom is -0.339 e. The summed E-state index contributed by atoms with van der Waals surface area (Å²) >= 11 is 0. The summed E-state index contributed by atoms with van der Waals surface area (Å²) in [5.74, 6) is 0.744. The number of likely N-dealkylation sites (tertiary alicyclic amines) is 1. The first-order valence-electron chi connectivity index (χ1n) is 4.65. The van der Waals surface area contributed by atoms with Crippen molar-refractivity contribution in [1.82, 2.24) is 10.2 Å². The minimum atomic E-state index is 0.0735. The van der Waals surface area contributed by atoms with E-state index >= 15 is 0 Å². The summed E-state index contributed by atoms with van der Waals surface area (Å²) in [5, 5.41) is 2.75. The van der Waals surface area contributed by atoms with Gasteiger partial charge in [-0.25, -0.2) is 0 Å². The van der Waals surface area contributed by atoms with Crippen molar-refractivity contribution < 1.29 is 4.79 Å². The Kier molecular flexibility index (Phi) is 6.24. The van der Waals surface area contributed by atoms with E-state index in [0.29, 0.717) is 5.92 Å². The summed E-state index contributed by atoms with van der Waals surface area (Å²) in [6.07, 6.45) is 2.53. The van der Waals surface area contributed by atoms with Crippen molar-refractivity contribution in [2.75, 3.05) is 27.2 Å². The highest BCUT2D eigenvalue weighted by Crippen LogP contribution is 2.14. The number of rotatable bonds is 1. The molecule has 3 nitrogen and oxygen atoms in total. The van der Waals surface area contributed by atoms with Gasteiger partial charge in [-0.15, -0.1) is 0 Å². The smallest absolute Gasteiger partial charge is 0.245 e. The Labute approximate surface area is 80.8 Å². The fourth-order valence-corrected chi connectivity index (χ4v) is 1.26. The van der Waals surface area contributed by atoms with Crippen LogP contribution in [0.2, 0.25) is 0 Å². The number of hydrogen-bond donors (Lipinski definition) is 1. The van der Waals surface area contributed by atoms with Gasteiger partial charge < -0.3 is 10.2 Å². The zero-order valence-corrected chi connectivity index (χ0v) is 8.84. The van der Waals surface area contributed by atoms with E-state index in [1.54, 1.807) is 0 Å². The van der Waals surface area contributed by atoms with Crippen molar-refractivity contribution in [1.29, 1.82) is 0 Å². The van der Waals surface area contributed by atoms with Crippen molar-refractivity contribution in [3.8, 4) is 0 Å². The Hall–Kier alpha value is -0.830. The van der Waals surface area contributed by atoms with Gasteiger partial charge in [0.2, 0.25) is 5.91 Å². The van der Waals surface area contributed by atoms with Crippen molar-refractivity contribution in [3.63, 3.8) is 0 Å². The fourth-order valence-electron chi connectivity index (χ4n) is 1.26. The lowest BCUT2D eigenvalue weighted by Gasteiger charge is -2.11. The van der Waals surface area contributed by atoms with E-state index < -0.39 is 0 Å². The van der Waals surface area contributed by atoms with Gasteiger partial charge in [0.25, 0.3) is 0 Å². The van der Waals surface area contributed by atoms with E-state index in [-0.39, 0.29) is 5.91 Å². The van der Waals surface area contributed by atoms with Gasteiger partial charge in [-0.3, -0.25) is 4.79 Å². The standard InChI is InChI=1S/C8H13NO.C2H7N/c1-3-8(10)9-5-4-7(2)6-9;1-3-2/h3,7H,1,4-6H2,2H3;3H,1-2H3/t7-;/m1./s1. The van der Waals surface area contributed by atoms with E-state index in [1.807, 2.05) is 19.0 Å². The lowest BCUT2D eigenvalue weighted by atomic mass is 10.2. The summed E-state index contributed by atoms with van der Waals surface area (Å²) < 4.78 is 0. The molecule has 1 rings (SSSR count). The van der Waals surface area contributed by atoms with Crippen LogP contribution in [0.15, 0.2) is 12.7 Å². The highest BCUT2D eigenvalue weighted by molar-refractivity contribution is 5.87. The molecule has 0 aromatic heterocycles. The average Bonchev–Trinajstić information content (AvgIpc) is 2.52. The zero-order chi connectivity index (χ0) is 10.3. The van der Waals surface area contributed by atoms with Crippen LogP contribution in [0.4, 0.5) is 0 Å². The van der Waals surface area contributed by atoms with Gasteiger partial charge in [-0.05, 0) is 32.5 Å². The fraction of sp³-hybridized carbons (Fsp3) is 0.700. The summed E-state index contributed by atoms with van der Waals surface area (Å²) in [7, 11) is 3.75. The van der Waals surface area contributed by atoms with Crippen LogP contribution in [0.3, 0.4) is 0 Å². The van der Waals surface area contributed by atoms with Gasteiger partial charge in [0.05, 0.1) is 0 Å². The number of nitrogens with one attached hydrogen (secondary N) is 1. The molecule has 1 aliphatic heterocycles. The molecular weight excluding hydrogens is 164 g/mol. The molecule has 1 fully saturated rings. The van der Waals surface area contributed by atoms with Gasteiger partial charge in [-0.2, -0.15) is 0 Å². The van der Waals surface area contributed by atoms with Crippen LogP contribution >= 0.6 is 0 Å². The Morgan fingerprint density at radius 2 is 2.15 bits per heavy atom. The second kappa shape index (κ2) is 6.66. The maximum Gasteiger partial charge on any atom is 0.245 e. The molecule has 1 atom stereocenters. The predicted octanol–water partition coefficient (Wildman–Crippen LogP) is 0.876. The van der Waals surface area contributed by atoms with Crippen LogP contribution in [-0.2, 0) is 4.79 Å². The SMILES string of the molecule is C=CC(=O)N1CC[C@@H](C)C1.CNC. The van der Waals surface area contributed by atoms with E-state index in [4.69, 9.17) is 0 Å². The number of nitrogens with zero attached hydrogens (tertiary/aromatic N) is 1. The van der Waals surface area contributed by atoms with Gasteiger partial charge in [0.1, 0.15) is 0 Å².